The summed E-state index contributed by atoms with van der Waals surface area (Å²) in [4.78, 5) is 22.9. The molecule has 3 aromatic rings. The molecule has 190 valence electrons. The molecule has 0 bridgehead atoms. The van der Waals surface area contributed by atoms with Crippen molar-refractivity contribution < 1.29 is 9.32 Å². The molecular formula is C28H32Cl2N4O2. The van der Waals surface area contributed by atoms with E-state index in [2.05, 4.69) is 46.2 Å². The predicted octanol–water partition coefficient (Wildman–Crippen LogP) is 6.93. The molecule has 2 aromatic carbocycles. The van der Waals surface area contributed by atoms with Crippen LogP contribution in [0.25, 0.3) is 11.4 Å². The molecule has 0 spiro atoms. The molecule has 1 aromatic heterocycles. The van der Waals surface area contributed by atoms with E-state index in [9.17, 15) is 4.79 Å². The van der Waals surface area contributed by atoms with Gasteiger partial charge in [-0.15, -0.1) is 0 Å². The number of carbonyl (C=O) groups excluding carboxylic acids is 1. The Kier molecular flexibility index (Phi) is 7.82. The molecule has 8 heteroatoms. The molecule has 2 heterocycles. The molecule has 0 radical (unpaired) electrons. The summed E-state index contributed by atoms with van der Waals surface area (Å²) < 4.78 is 5.61. The fourth-order valence-corrected chi connectivity index (χ4v) is 5.92. The van der Waals surface area contributed by atoms with Crippen LogP contribution < -0.4 is 4.90 Å². The Hall–Kier alpha value is -2.57. The predicted molar refractivity (Wildman–Crippen MR) is 143 cm³/mol. The van der Waals surface area contributed by atoms with Gasteiger partial charge in [0.15, 0.2) is 0 Å². The summed E-state index contributed by atoms with van der Waals surface area (Å²) in [7, 11) is 0. The molecule has 1 saturated carbocycles. The lowest BCUT2D eigenvalue weighted by Gasteiger charge is -2.39. The van der Waals surface area contributed by atoms with Gasteiger partial charge >= 0.3 is 0 Å². The van der Waals surface area contributed by atoms with E-state index in [0.717, 1.165) is 51.6 Å². The fourth-order valence-electron chi connectivity index (χ4n) is 5.43. The lowest BCUT2D eigenvalue weighted by Crippen LogP contribution is -2.48. The second-order valence-corrected chi connectivity index (χ2v) is 10.9. The second-order valence-electron chi connectivity index (χ2n) is 10.0. The first kappa shape index (κ1) is 25.1. The van der Waals surface area contributed by atoms with Crippen molar-refractivity contribution in [1.29, 1.82) is 0 Å². The molecular weight excluding hydrogens is 495 g/mol. The summed E-state index contributed by atoms with van der Waals surface area (Å²) in [5.74, 6) is 0.991. The van der Waals surface area contributed by atoms with Gasteiger partial charge in [-0.1, -0.05) is 65.3 Å². The molecule has 1 aliphatic carbocycles. The highest BCUT2D eigenvalue weighted by molar-refractivity contribution is 6.36. The summed E-state index contributed by atoms with van der Waals surface area (Å²) in [5, 5.41) is 5.16. The number of amides is 1. The Balaban J connectivity index is 1.35. The van der Waals surface area contributed by atoms with Crippen molar-refractivity contribution in [2.45, 2.75) is 64.5 Å². The maximum absolute atomic E-state index is 14.0. The Labute approximate surface area is 222 Å². The highest BCUT2D eigenvalue weighted by Gasteiger charge is 2.34. The Morgan fingerprint density at radius 2 is 1.83 bits per heavy atom. The standard InChI is InChI=1S/C28H32Cl2N4O2/c1-19-9-12-22(13-10-19)33-15-5-6-20(17-33)28(35)34(23-7-3-2-4-8-23)18-26-31-27(32-36-26)24-14-11-21(29)16-25(24)30/h9-14,16,20,23H,2-8,15,17-18H2,1H3/t20-/m1/s1. The van der Waals surface area contributed by atoms with E-state index in [-0.39, 0.29) is 17.9 Å². The van der Waals surface area contributed by atoms with E-state index in [1.807, 2.05) is 4.90 Å². The number of benzene rings is 2. The van der Waals surface area contributed by atoms with Crippen LogP contribution in [0.15, 0.2) is 47.0 Å². The fraction of sp³-hybridized carbons (Fsp3) is 0.464. The van der Waals surface area contributed by atoms with E-state index < -0.39 is 0 Å². The SMILES string of the molecule is Cc1ccc(N2CCC[C@@H](C(=O)N(Cc3nc(-c4ccc(Cl)cc4Cl)no3)C3CCCCC3)C2)cc1. The normalized spacial score (nSPS) is 18.9. The third-order valence-corrected chi connectivity index (χ3v) is 7.96. The largest absolute Gasteiger partial charge is 0.371 e. The van der Waals surface area contributed by atoms with E-state index in [1.54, 1.807) is 18.2 Å². The number of halogens is 2. The summed E-state index contributed by atoms with van der Waals surface area (Å²) in [5.41, 5.74) is 3.09. The first-order chi connectivity index (χ1) is 17.5. The van der Waals surface area contributed by atoms with Crippen LogP contribution in [0, 0.1) is 12.8 Å². The number of rotatable bonds is 6. The van der Waals surface area contributed by atoms with Crippen molar-refractivity contribution >= 4 is 34.8 Å². The molecule has 2 aliphatic rings. The lowest BCUT2D eigenvalue weighted by atomic mass is 9.91. The third kappa shape index (κ3) is 5.70. The molecule has 1 atom stereocenters. The molecule has 1 amide bonds. The van der Waals surface area contributed by atoms with Gasteiger partial charge in [0, 0.05) is 35.4 Å². The highest BCUT2D eigenvalue weighted by atomic mass is 35.5. The van der Waals surface area contributed by atoms with Crippen molar-refractivity contribution in [1.82, 2.24) is 15.0 Å². The summed E-state index contributed by atoms with van der Waals surface area (Å²) in [6, 6.07) is 14.0. The number of piperidine rings is 1. The summed E-state index contributed by atoms with van der Waals surface area (Å²) in [6.07, 6.45) is 7.45. The monoisotopic (exact) mass is 526 g/mol. The number of hydrogen-bond donors (Lipinski definition) is 0. The molecule has 2 fully saturated rings. The molecule has 0 unspecified atom stereocenters. The number of nitrogens with zero attached hydrogens (tertiary/aromatic N) is 4. The molecule has 5 rings (SSSR count). The van der Waals surface area contributed by atoms with Crippen molar-refractivity contribution in [2.24, 2.45) is 5.92 Å². The zero-order valence-electron chi connectivity index (χ0n) is 20.6. The van der Waals surface area contributed by atoms with Crippen LogP contribution in [0.3, 0.4) is 0 Å². The minimum absolute atomic E-state index is 0.0462. The number of aryl methyl sites for hydroxylation is 1. The molecule has 0 N–H and O–H groups in total. The van der Waals surface area contributed by atoms with Gasteiger partial charge in [0.05, 0.1) is 10.9 Å². The lowest BCUT2D eigenvalue weighted by molar-refractivity contribution is -0.140. The Bertz CT molecular complexity index is 1190. The maximum atomic E-state index is 14.0. The van der Waals surface area contributed by atoms with Gasteiger partial charge < -0.3 is 14.3 Å². The minimum Gasteiger partial charge on any atom is -0.371 e. The number of anilines is 1. The van der Waals surface area contributed by atoms with Crippen molar-refractivity contribution in [3.8, 4) is 11.4 Å². The van der Waals surface area contributed by atoms with Crippen LogP contribution in [-0.4, -0.2) is 40.1 Å². The smallest absolute Gasteiger partial charge is 0.246 e. The van der Waals surface area contributed by atoms with Crippen molar-refractivity contribution in [2.75, 3.05) is 18.0 Å². The molecule has 1 saturated heterocycles. The van der Waals surface area contributed by atoms with Crippen molar-refractivity contribution in [3.05, 3.63) is 64.0 Å². The second kappa shape index (κ2) is 11.2. The van der Waals surface area contributed by atoms with E-state index in [0.29, 0.717) is 33.9 Å². The van der Waals surface area contributed by atoms with Crippen LogP contribution in [0.4, 0.5) is 5.69 Å². The Morgan fingerprint density at radius 3 is 2.58 bits per heavy atom. The number of hydrogen-bond acceptors (Lipinski definition) is 5. The average Bonchev–Trinajstić information content (AvgIpc) is 3.36. The average molecular weight is 527 g/mol. The van der Waals surface area contributed by atoms with E-state index in [1.165, 1.54) is 17.7 Å². The first-order valence-electron chi connectivity index (χ1n) is 12.9. The van der Waals surface area contributed by atoms with Gasteiger partial charge in [-0.2, -0.15) is 4.98 Å². The third-order valence-electron chi connectivity index (χ3n) is 7.41. The van der Waals surface area contributed by atoms with Gasteiger partial charge in [0.2, 0.25) is 17.6 Å². The van der Waals surface area contributed by atoms with Crippen LogP contribution >= 0.6 is 23.2 Å². The quantitative estimate of drug-likeness (QED) is 0.348. The van der Waals surface area contributed by atoms with Crippen molar-refractivity contribution in [3.63, 3.8) is 0 Å². The van der Waals surface area contributed by atoms with Gasteiger partial charge in [-0.05, 0) is 62.9 Å². The first-order valence-corrected chi connectivity index (χ1v) is 13.6. The molecule has 1 aliphatic heterocycles. The van der Waals surface area contributed by atoms with Gasteiger partial charge in [-0.3, -0.25) is 4.79 Å². The van der Waals surface area contributed by atoms with Gasteiger partial charge in [-0.25, -0.2) is 0 Å². The van der Waals surface area contributed by atoms with Crippen LogP contribution in [0.1, 0.15) is 56.4 Å². The summed E-state index contributed by atoms with van der Waals surface area (Å²) in [6.45, 7) is 4.13. The number of carbonyl (C=O) groups is 1. The van der Waals surface area contributed by atoms with E-state index in [4.69, 9.17) is 27.7 Å². The zero-order valence-corrected chi connectivity index (χ0v) is 22.1. The number of aromatic nitrogens is 2. The maximum Gasteiger partial charge on any atom is 0.246 e. The Morgan fingerprint density at radius 1 is 1.06 bits per heavy atom. The van der Waals surface area contributed by atoms with Crippen LogP contribution in [-0.2, 0) is 11.3 Å². The van der Waals surface area contributed by atoms with Gasteiger partial charge in [0.25, 0.3) is 0 Å². The topological polar surface area (TPSA) is 62.5 Å². The molecule has 6 nitrogen and oxygen atoms in total. The van der Waals surface area contributed by atoms with Crippen LogP contribution in [0.2, 0.25) is 10.0 Å². The van der Waals surface area contributed by atoms with Crippen LogP contribution in [0.5, 0.6) is 0 Å². The highest BCUT2D eigenvalue weighted by Crippen LogP contribution is 2.31. The van der Waals surface area contributed by atoms with E-state index >= 15 is 0 Å². The minimum atomic E-state index is -0.0462. The molecule has 36 heavy (non-hydrogen) atoms. The summed E-state index contributed by atoms with van der Waals surface area (Å²) >= 11 is 12.4. The zero-order chi connectivity index (χ0) is 25.1. The van der Waals surface area contributed by atoms with Gasteiger partial charge in [0.1, 0.15) is 6.54 Å².